The third-order valence-electron chi connectivity index (χ3n) is 3.00. The zero-order valence-electron chi connectivity index (χ0n) is 13.5. The van der Waals surface area contributed by atoms with E-state index < -0.39 is 5.97 Å². The summed E-state index contributed by atoms with van der Waals surface area (Å²) >= 11 is 0.979. The van der Waals surface area contributed by atoms with Gasteiger partial charge in [-0.05, 0) is 19.1 Å². The molecule has 0 aliphatic rings. The zero-order chi connectivity index (χ0) is 17.7. The minimum atomic E-state index is -0.964. The van der Waals surface area contributed by atoms with E-state index in [2.05, 4.69) is 10.2 Å². The number of hydrogen-bond donors (Lipinski definition) is 2. The van der Waals surface area contributed by atoms with Crippen molar-refractivity contribution >= 4 is 17.7 Å². The van der Waals surface area contributed by atoms with Crippen LogP contribution in [0.3, 0.4) is 0 Å². The Bertz CT molecular complexity index is 709. The minimum absolute atomic E-state index is 0.161. The van der Waals surface area contributed by atoms with Crippen LogP contribution >= 0.6 is 11.8 Å². The van der Waals surface area contributed by atoms with Gasteiger partial charge in [0.2, 0.25) is 10.9 Å². The van der Waals surface area contributed by atoms with Crippen LogP contribution in [-0.4, -0.2) is 52.5 Å². The molecule has 1 aromatic heterocycles. The van der Waals surface area contributed by atoms with Gasteiger partial charge in [-0.3, -0.25) is 4.79 Å². The van der Waals surface area contributed by atoms with Crippen molar-refractivity contribution in [3.63, 3.8) is 0 Å². The Labute approximate surface area is 142 Å². The molecule has 0 unspecified atom stereocenters. The molecule has 130 valence electrons. The van der Waals surface area contributed by atoms with Crippen molar-refractivity contribution < 1.29 is 24.1 Å². The lowest BCUT2D eigenvalue weighted by Gasteiger charge is -2.15. The number of carboxylic acid groups (broad SMARTS) is 1. The summed E-state index contributed by atoms with van der Waals surface area (Å²) in [7, 11) is 3.03. The Balaban J connectivity index is 2.43. The molecule has 9 nitrogen and oxygen atoms in total. The first-order valence-electron chi connectivity index (χ1n) is 6.96. The smallest absolute Gasteiger partial charge is 0.313 e. The maximum absolute atomic E-state index is 10.7. The van der Waals surface area contributed by atoms with Crippen molar-refractivity contribution in [3.8, 4) is 28.6 Å². The fraction of sp³-hybridized carbons (Fsp3) is 0.357. The number of nitrogens with zero attached hydrogens (tertiary/aromatic N) is 3. The molecule has 3 N–H and O–H groups in total. The van der Waals surface area contributed by atoms with Crippen LogP contribution in [-0.2, 0) is 4.79 Å². The van der Waals surface area contributed by atoms with Gasteiger partial charge in [0.25, 0.3) is 0 Å². The predicted octanol–water partition coefficient (Wildman–Crippen LogP) is 1.25. The largest absolute Gasteiger partial charge is 0.493 e. The Morgan fingerprint density at radius 3 is 2.42 bits per heavy atom. The summed E-state index contributed by atoms with van der Waals surface area (Å²) < 4.78 is 17.5. The average molecular weight is 354 g/mol. The quantitative estimate of drug-likeness (QED) is 0.532. The molecule has 0 aliphatic carbocycles. The number of carbonyl (C=O) groups is 1. The number of rotatable bonds is 8. The fourth-order valence-corrected chi connectivity index (χ4v) is 2.57. The predicted molar refractivity (Wildman–Crippen MR) is 88.2 cm³/mol. The van der Waals surface area contributed by atoms with Gasteiger partial charge in [-0.15, -0.1) is 10.2 Å². The molecule has 0 spiro atoms. The average Bonchev–Trinajstić information content (AvgIpc) is 2.94. The first-order chi connectivity index (χ1) is 11.5. The molecule has 2 rings (SSSR count). The number of aliphatic carboxylic acids is 1. The molecule has 2 aromatic rings. The van der Waals surface area contributed by atoms with Gasteiger partial charge >= 0.3 is 5.97 Å². The van der Waals surface area contributed by atoms with E-state index in [1.165, 1.54) is 18.9 Å². The van der Waals surface area contributed by atoms with E-state index in [4.69, 9.17) is 25.2 Å². The standard InChI is InChI=1S/C14H18N4O5S/c1-4-23-12-9(21-2)5-8(6-10(12)22-3)13-16-17-14(18(13)15)24-7-11(19)20/h5-6H,4,7,15H2,1-3H3,(H,19,20). The first kappa shape index (κ1) is 17.7. The molecule has 1 heterocycles. The molecule has 0 saturated heterocycles. The highest BCUT2D eigenvalue weighted by atomic mass is 32.2. The number of ether oxygens (including phenoxy) is 3. The maximum Gasteiger partial charge on any atom is 0.313 e. The molecule has 0 bridgehead atoms. The second-order valence-corrected chi connectivity index (χ2v) is 5.44. The maximum atomic E-state index is 10.7. The summed E-state index contributed by atoms with van der Waals surface area (Å²) in [5.41, 5.74) is 0.601. The summed E-state index contributed by atoms with van der Waals surface area (Å²) in [6, 6.07) is 3.40. The molecule has 0 radical (unpaired) electrons. The van der Waals surface area contributed by atoms with Gasteiger partial charge in [-0.2, -0.15) is 0 Å². The van der Waals surface area contributed by atoms with Crippen LogP contribution in [0.2, 0.25) is 0 Å². The number of thioether (sulfide) groups is 1. The number of nitrogens with two attached hydrogens (primary N) is 1. The lowest BCUT2D eigenvalue weighted by molar-refractivity contribution is -0.133. The minimum Gasteiger partial charge on any atom is -0.493 e. The highest BCUT2D eigenvalue weighted by molar-refractivity contribution is 7.99. The van der Waals surface area contributed by atoms with Gasteiger partial charge in [0.1, 0.15) is 0 Å². The monoisotopic (exact) mass is 354 g/mol. The van der Waals surface area contributed by atoms with Gasteiger partial charge in [-0.1, -0.05) is 11.8 Å². The van der Waals surface area contributed by atoms with Crippen molar-refractivity contribution in [1.29, 1.82) is 0 Å². The third kappa shape index (κ3) is 3.65. The lowest BCUT2D eigenvalue weighted by atomic mass is 10.1. The van der Waals surface area contributed by atoms with Crippen LogP contribution in [0.25, 0.3) is 11.4 Å². The molecule has 1 aromatic carbocycles. The van der Waals surface area contributed by atoms with Crippen molar-refractivity contribution in [3.05, 3.63) is 12.1 Å². The lowest BCUT2D eigenvalue weighted by Crippen LogP contribution is -2.12. The number of nitrogen functional groups attached to an aromatic ring is 1. The topological polar surface area (TPSA) is 122 Å². The zero-order valence-corrected chi connectivity index (χ0v) is 14.3. The summed E-state index contributed by atoms with van der Waals surface area (Å²) in [6.45, 7) is 2.31. The van der Waals surface area contributed by atoms with E-state index in [1.807, 2.05) is 6.92 Å². The van der Waals surface area contributed by atoms with Gasteiger partial charge in [-0.25, -0.2) is 4.68 Å². The highest BCUT2D eigenvalue weighted by Gasteiger charge is 2.19. The summed E-state index contributed by atoms with van der Waals surface area (Å²) in [4.78, 5) is 10.7. The molecular weight excluding hydrogens is 336 g/mol. The Kier molecular flexibility index (Phi) is 5.74. The summed E-state index contributed by atoms with van der Waals surface area (Å²) in [5, 5.41) is 17.0. The second-order valence-electron chi connectivity index (χ2n) is 4.50. The van der Waals surface area contributed by atoms with Gasteiger partial charge in [0.05, 0.1) is 26.6 Å². The van der Waals surface area contributed by atoms with Gasteiger partial charge in [0.15, 0.2) is 17.3 Å². The molecule has 0 aliphatic heterocycles. The first-order valence-corrected chi connectivity index (χ1v) is 7.94. The number of hydrogen-bond acceptors (Lipinski definition) is 8. The molecule has 0 saturated carbocycles. The van der Waals surface area contributed by atoms with E-state index in [-0.39, 0.29) is 5.75 Å². The summed E-state index contributed by atoms with van der Waals surface area (Å²) in [5.74, 6) is 6.61. The molecule has 24 heavy (non-hydrogen) atoms. The van der Waals surface area contributed by atoms with E-state index in [0.717, 1.165) is 11.8 Å². The molecule has 0 amide bonds. The van der Waals surface area contributed by atoms with Crippen LogP contribution in [0.5, 0.6) is 17.2 Å². The molecular formula is C14H18N4O5S. The molecule has 0 atom stereocenters. The van der Waals surface area contributed by atoms with Crippen molar-refractivity contribution in [2.45, 2.75) is 12.1 Å². The SMILES string of the molecule is CCOc1c(OC)cc(-c2nnc(SCC(=O)O)n2N)cc1OC. The number of methoxy groups -OCH3 is 2. The number of aromatic nitrogens is 3. The fourth-order valence-electron chi connectivity index (χ4n) is 1.99. The van der Waals surface area contributed by atoms with E-state index >= 15 is 0 Å². The van der Waals surface area contributed by atoms with Crippen LogP contribution in [0.15, 0.2) is 17.3 Å². The second kappa shape index (κ2) is 7.77. The molecule has 10 heteroatoms. The highest BCUT2D eigenvalue weighted by Crippen LogP contribution is 2.41. The number of carboxylic acids is 1. The van der Waals surface area contributed by atoms with Crippen molar-refractivity contribution in [2.24, 2.45) is 0 Å². The number of benzene rings is 1. The van der Waals surface area contributed by atoms with Crippen molar-refractivity contribution in [2.75, 3.05) is 32.4 Å². The summed E-state index contributed by atoms with van der Waals surface area (Å²) in [6.07, 6.45) is 0. The normalized spacial score (nSPS) is 10.5. The van der Waals surface area contributed by atoms with Crippen LogP contribution in [0.4, 0.5) is 0 Å². The van der Waals surface area contributed by atoms with E-state index in [1.54, 1.807) is 12.1 Å². The van der Waals surface area contributed by atoms with Crippen LogP contribution in [0, 0.1) is 0 Å². The van der Waals surface area contributed by atoms with Crippen LogP contribution < -0.4 is 20.1 Å². The Morgan fingerprint density at radius 1 is 1.29 bits per heavy atom. The molecule has 0 fully saturated rings. The third-order valence-corrected chi connectivity index (χ3v) is 3.92. The van der Waals surface area contributed by atoms with Crippen molar-refractivity contribution in [1.82, 2.24) is 14.9 Å². The van der Waals surface area contributed by atoms with Crippen LogP contribution in [0.1, 0.15) is 6.92 Å². The van der Waals surface area contributed by atoms with E-state index in [9.17, 15) is 4.79 Å². The Hall–Kier alpha value is -2.62. The van der Waals surface area contributed by atoms with E-state index in [0.29, 0.717) is 40.4 Å². The van der Waals surface area contributed by atoms with Gasteiger partial charge in [0, 0.05) is 5.56 Å². The van der Waals surface area contributed by atoms with Gasteiger partial charge < -0.3 is 25.2 Å². The Morgan fingerprint density at radius 2 is 1.92 bits per heavy atom.